The molecule has 0 saturated carbocycles. The fourth-order valence-electron chi connectivity index (χ4n) is 3.89. The third kappa shape index (κ3) is 2.99. The molecular weight excluding hydrogens is 364 g/mol. The number of hydrogen-bond donors (Lipinski definition) is 0. The third-order valence-corrected chi connectivity index (χ3v) is 5.54. The van der Waals surface area contributed by atoms with Gasteiger partial charge in [-0.2, -0.15) is 0 Å². The number of fused-ring (bicyclic) bond motifs is 3. The summed E-state index contributed by atoms with van der Waals surface area (Å²) in [6, 6.07) is 15.8. The van der Waals surface area contributed by atoms with Gasteiger partial charge in [0.15, 0.2) is 5.65 Å². The molecule has 3 heterocycles. The number of amides is 1. The van der Waals surface area contributed by atoms with Gasteiger partial charge in [-0.25, -0.2) is 9.38 Å². The summed E-state index contributed by atoms with van der Waals surface area (Å²) in [6.07, 6.45) is 0. The van der Waals surface area contributed by atoms with E-state index in [4.69, 9.17) is 4.98 Å². The van der Waals surface area contributed by atoms with Crippen LogP contribution in [-0.4, -0.2) is 56.6 Å². The molecule has 0 aliphatic carbocycles. The number of aromatic nitrogens is 4. The van der Waals surface area contributed by atoms with E-state index in [2.05, 4.69) is 15.1 Å². The van der Waals surface area contributed by atoms with Gasteiger partial charge >= 0.3 is 0 Å². The Morgan fingerprint density at radius 2 is 1.62 bits per heavy atom. The summed E-state index contributed by atoms with van der Waals surface area (Å²) in [5.41, 5.74) is 3.62. The molecular formula is C22H22N6O. The summed E-state index contributed by atoms with van der Waals surface area (Å²) >= 11 is 0. The quantitative estimate of drug-likeness (QED) is 0.530. The van der Waals surface area contributed by atoms with Crippen molar-refractivity contribution in [1.82, 2.24) is 24.5 Å². The number of aryl methyl sites for hydroxylation is 2. The molecule has 1 aliphatic heterocycles. The maximum Gasteiger partial charge on any atom is 0.253 e. The van der Waals surface area contributed by atoms with Crippen molar-refractivity contribution in [2.45, 2.75) is 13.8 Å². The van der Waals surface area contributed by atoms with Crippen molar-refractivity contribution >= 4 is 28.4 Å². The number of piperazine rings is 1. The van der Waals surface area contributed by atoms with Crippen LogP contribution in [0, 0.1) is 13.8 Å². The van der Waals surface area contributed by atoms with Crippen molar-refractivity contribution in [2.75, 3.05) is 31.1 Å². The molecule has 2 aromatic carbocycles. The zero-order valence-electron chi connectivity index (χ0n) is 16.5. The summed E-state index contributed by atoms with van der Waals surface area (Å²) < 4.78 is 2.01. The number of benzene rings is 2. The van der Waals surface area contributed by atoms with Gasteiger partial charge in [0.05, 0.1) is 5.52 Å². The van der Waals surface area contributed by atoms with Crippen molar-refractivity contribution in [1.29, 1.82) is 0 Å². The van der Waals surface area contributed by atoms with Crippen LogP contribution in [0.3, 0.4) is 0 Å². The Kier molecular flexibility index (Phi) is 4.16. The van der Waals surface area contributed by atoms with Gasteiger partial charge in [0.25, 0.3) is 5.91 Å². The lowest BCUT2D eigenvalue weighted by Gasteiger charge is -2.35. The lowest BCUT2D eigenvalue weighted by molar-refractivity contribution is 0.0746. The molecule has 1 amide bonds. The lowest BCUT2D eigenvalue weighted by atomic mass is 10.1. The summed E-state index contributed by atoms with van der Waals surface area (Å²) in [5.74, 6) is 1.73. The highest BCUT2D eigenvalue weighted by atomic mass is 16.2. The Hall–Kier alpha value is -3.48. The van der Waals surface area contributed by atoms with Crippen LogP contribution in [0.25, 0.3) is 16.6 Å². The minimum atomic E-state index is 0.0849. The van der Waals surface area contributed by atoms with Gasteiger partial charge in [0, 0.05) is 37.1 Å². The number of rotatable bonds is 2. The minimum Gasteiger partial charge on any atom is -0.338 e. The highest BCUT2D eigenvalue weighted by Crippen LogP contribution is 2.24. The van der Waals surface area contributed by atoms with Gasteiger partial charge < -0.3 is 9.80 Å². The number of para-hydroxylation sites is 1. The van der Waals surface area contributed by atoms with Gasteiger partial charge in [-0.15, -0.1) is 10.2 Å². The van der Waals surface area contributed by atoms with Gasteiger partial charge in [-0.3, -0.25) is 4.79 Å². The second-order valence-electron chi connectivity index (χ2n) is 7.48. The number of hydrogen-bond acceptors (Lipinski definition) is 5. The summed E-state index contributed by atoms with van der Waals surface area (Å²) in [6.45, 7) is 6.72. The molecule has 146 valence electrons. The molecule has 7 heteroatoms. The van der Waals surface area contributed by atoms with E-state index in [1.54, 1.807) is 0 Å². The molecule has 1 aliphatic rings. The van der Waals surface area contributed by atoms with Crippen molar-refractivity contribution in [2.24, 2.45) is 0 Å². The summed E-state index contributed by atoms with van der Waals surface area (Å²) in [5, 5.41) is 9.64. The molecule has 1 fully saturated rings. The van der Waals surface area contributed by atoms with E-state index in [0.717, 1.165) is 52.5 Å². The number of nitrogens with zero attached hydrogens (tertiary/aromatic N) is 6. The van der Waals surface area contributed by atoms with Crippen LogP contribution in [0.4, 0.5) is 5.95 Å². The third-order valence-electron chi connectivity index (χ3n) is 5.54. The van der Waals surface area contributed by atoms with E-state index in [0.29, 0.717) is 13.1 Å². The first-order valence-electron chi connectivity index (χ1n) is 9.83. The molecule has 0 unspecified atom stereocenters. The summed E-state index contributed by atoms with van der Waals surface area (Å²) in [7, 11) is 0. The first kappa shape index (κ1) is 17.6. The predicted molar refractivity (Wildman–Crippen MR) is 112 cm³/mol. The summed E-state index contributed by atoms with van der Waals surface area (Å²) in [4.78, 5) is 21.9. The van der Waals surface area contributed by atoms with Crippen LogP contribution >= 0.6 is 0 Å². The molecule has 2 aromatic heterocycles. The van der Waals surface area contributed by atoms with Crippen molar-refractivity contribution < 1.29 is 4.79 Å². The number of carbonyl (C=O) groups is 1. The second kappa shape index (κ2) is 6.84. The zero-order chi connectivity index (χ0) is 20.0. The van der Waals surface area contributed by atoms with E-state index in [-0.39, 0.29) is 5.91 Å². The molecule has 4 aromatic rings. The van der Waals surface area contributed by atoms with Gasteiger partial charge in [0.2, 0.25) is 5.95 Å². The Bertz CT molecular complexity index is 1210. The Morgan fingerprint density at radius 1 is 0.897 bits per heavy atom. The Balaban J connectivity index is 1.43. The van der Waals surface area contributed by atoms with E-state index >= 15 is 0 Å². The number of carbonyl (C=O) groups excluding carboxylic acids is 1. The monoisotopic (exact) mass is 386 g/mol. The predicted octanol–water partition coefficient (Wildman–Crippen LogP) is 2.86. The largest absolute Gasteiger partial charge is 0.338 e. The van der Waals surface area contributed by atoms with Crippen molar-refractivity contribution in [3.05, 3.63) is 65.5 Å². The van der Waals surface area contributed by atoms with Crippen molar-refractivity contribution in [3.63, 3.8) is 0 Å². The molecule has 0 N–H and O–H groups in total. The average Bonchev–Trinajstić information content (AvgIpc) is 3.15. The SMILES string of the molecule is Cc1ccc(C(=O)N2CCN(c3nc4ccccc4c4nnc(C)n34)CC2)cc1. The zero-order valence-corrected chi connectivity index (χ0v) is 16.5. The molecule has 0 atom stereocenters. The maximum absolute atomic E-state index is 12.8. The molecule has 0 radical (unpaired) electrons. The first-order valence-corrected chi connectivity index (χ1v) is 9.83. The van der Waals surface area contributed by atoms with Gasteiger partial charge in [-0.1, -0.05) is 29.8 Å². The normalized spacial score (nSPS) is 14.7. The molecule has 7 nitrogen and oxygen atoms in total. The Morgan fingerprint density at radius 3 is 2.38 bits per heavy atom. The van der Waals surface area contributed by atoms with Crippen LogP contribution in [-0.2, 0) is 0 Å². The standard InChI is InChI=1S/C22H22N6O/c1-15-7-9-17(10-8-15)21(29)26-11-13-27(14-12-26)22-23-19-6-4-3-5-18(19)20-25-24-16(2)28(20)22/h3-10H,11-14H2,1-2H3. The average molecular weight is 386 g/mol. The molecule has 5 rings (SSSR count). The fraction of sp³-hybridized carbons (Fsp3) is 0.273. The van der Waals surface area contributed by atoms with E-state index in [1.807, 2.05) is 71.7 Å². The van der Waals surface area contributed by atoms with Gasteiger partial charge in [0.1, 0.15) is 5.82 Å². The molecule has 0 spiro atoms. The number of anilines is 1. The second-order valence-corrected chi connectivity index (χ2v) is 7.48. The first-order chi connectivity index (χ1) is 14.1. The van der Waals surface area contributed by atoms with Crippen LogP contribution in [0.15, 0.2) is 48.5 Å². The van der Waals surface area contributed by atoms with E-state index in [9.17, 15) is 4.79 Å². The van der Waals surface area contributed by atoms with Gasteiger partial charge in [-0.05, 0) is 38.1 Å². The molecule has 0 bridgehead atoms. The maximum atomic E-state index is 12.8. The van der Waals surface area contributed by atoms with E-state index < -0.39 is 0 Å². The lowest BCUT2D eigenvalue weighted by Crippen LogP contribution is -2.49. The van der Waals surface area contributed by atoms with Crippen molar-refractivity contribution in [3.8, 4) is 0 Å². The van der Waals surface area contributed by atoms with E-state index in [1.165, 1.54) is 0 Å². The van der Waals surface area contributed by atoms with Crippen LogP contribution < -0.4 is 4.90 Å². The Labute approximate surface area is 168 Å². The fourth-order valence-corrected chi connectivity index (χ4v) is 3.89. The van der Waals surface area contributed by atoms with Crippen LogP contribution in [0.5, 0.6) is 0 Å². The smallest absolute Gasteiger partial charge is 0.253 e. The minimum absolute atomic E-state index is 0.0849. The molecule has 1 saturated heterocycles. The topological polar surface area (TPSA) is 66.6 Å². The molecule has 29 heavy (non-hydrogen) atoms. The van der Waals surface area contributed by atoms with Crippen LogP contribution in [0.2, 0.25) is 0 Å². The van der Waals surface area contributed by atoms with Crippen LogP contribution in [0.1, 0.15) is 21.7 Å². The highest BCUT2D eigenvalue weighted by Gasteiger charge is 2.25. The highest BCUT2D eigenvalue weighted by molar-refractivity contribution is 5.94.